The van der Waals surface area contributed by atoms with Crippen molar-refractivity contribution in [2.45, 2.75) is 39.3 Å². The quantitative estimate of drug-likeness (QED) is 0.255. The number of anilines is 1. The number of hydrogen-bond donors (Lipinski definition) is 2. The number of hydrogen-bond acceptors (Lipinski definition) is 6. The monoisotopic (exact) mass is 469 g/mol. The van der Waals surface area contributed by atoms with Crippen molar-refractivity contribution in [1.29, 1.82) is 0 Å². The van der Waals surface area contributed by atoms with Crippen LogP contribution in [0.2, 0.25) is 0 Å². The molecule has 2 N–H and O–H groups in total. The van der Waals surface area contributed by atoms with E-state index in [1.807, 2.05) is 32.0 Å². The molecule has 4 heterocycles. The SMILES string of the molecule is Cc1ccc2nc(N3C(=O)C(=O)/C(=C(/O)c4ccc5c(c4)CC(C)O5)C3c3ccc(C)o3)[nH]c2c1. The summed E-state index contributed by atoms with van der Waals surface area (Å²) < 4.78 is 11.6. The van der Waals surface area contributed by atoms with Crippen molar-refractivity contribution in [1.82, 2.24) is 9.97 Å². The predicted molar refractivity (Wildman–Crippen MR) is 129 cm³/mol. The fourth-order valence-electron chi connectivity index (χ4n) is 4.87. The number of aryl methyl sites for hydroxylation is 2. The summed E-state index contributed by atoms with van der Waals surface area (Å²) in [6, 6.07) is 13.4. The number of carbonyl (C=O) groups excluding carboxylic acids is 2. The van der Waals surface area contributed by atoms with Crippen LogP contribution in [0.3, 0.4) is 0 Å². The van der Waals surface area contributed by atoms with Gasteiger partial charge in [0.05, 0.1) is 16.6 Å². The van der Waals surface area contributed by atoms with Crippen LogP contribution in [-0.2, 0) is 16.0 Å². The van der Waals surface area contributed by atoms with Crippen LogP contribution in [-0.4, -0.2) is 32.9 Å². The molecule has 0 saturated carbocycles. The molecule has 0 spiro atoms. The van der Waals surface area contributed by atoms with Crippen molar-refractivity contribution in [2.24, 2.45) is 0 Å². The number of aromatic nitrogens is 2. The van der Waals surface area contributed by atoms with Gasteiger partial charge < -0.3 is 19.2 Å². The molecule has 2 atom stereocenters. The Morgan fingerprint density at radius 1 is 1.11 bits per heavy atom. The molecule has 8 nitrogen and oxygen atoms in total. The van der Waals surface area contributed by atoms with E-state index < -0.39 is 17.7 Å². The van der Waals surface area contributed by atoms with E-state index in [9.17, 15) is 14.7 Å². The lowest BCUT2D eigenvalue weighted by Crippen LogP contribution is -2.30. The van der Waals surface area contributed by atoms with Crippen molar-refractivity contribution >= 4 is 34.4 Å². The summed E-state index contributed by atoms with van der Waals surface area (Å²) in [4.78, 5) is 35.6. The van der Waals surface area contributed by atoms with Gasteiger partial charge in [-0.1, -0.05) is 6.07 Å². The fourth-order valence-corrected chi connectivity index (χ4v) is 4.87. The highest BCUT2D eigenvalue weighted by atomic mass is 16.5. The van der Waals surface area contributed by atoms with E-state index in [4.69, 9.17) is 9.15 Å². The minimum Gasteiger partial charge on any atom is -0.507 e. The fraction of sp³-hybridized carbons (Fsp3) is 0.222. The van der Waals surface area contributed by atoms with Crippen molar-refractivity contribution in [3.8, 4) is 5.75 Å². The molecule has 2 aromatic carbocycles. The summed E-state index contributed by atoms with van der Waals surface area (Å²) in [6.07, 6.45) is 0.736. The number of furan rings is 1. The average molecular weight is 469 g/mol. The van der Waals surface area contributed by atoms with Gasteiger partial charge in [-0.25, -0.2) is 4.98 Å². The summed E-state index contributed by atoms with van der Waals surface area (Å²) in [5, 5.41) is 11.4. The van der Waals surface area contributed by atoms with Gasteiger partial charge in [0.25, 0.3) is 5.78 Å². The lowest BCUT2D eigenvalue weighted by Gasteiger charge is -2.20. The topological polar surface area (TPSA) is 109 Å². The maximum Gasteiger partial charge on any atom is 0.302 e. The molecule has 176 valence electrons. The zero-order valence-electron chi connectivity index (χ0n) is 19.5. The Hall–Kier alpha value is -4.33. The maximum absolute atomic E-state index is 13.3. The Kier molecular flexibility index (Phi) is 4.60. The first kappa shape index (κ1) is 21.2. The Labute approximate surface area is 200 Å². The van der Waals surface area contributed by atoms with Crippen molar-refractivity contribution in [3.63, 3.8) is 0 Å². The number of ether oxygens (including phenoxy) is 1. The van der Waals surface area contributed by atoms with E-state index in [-0.39, 0.29) is 23.4 Å². The molecule has 0 aliphatic carbocycles. The van der Waals surface area contributed by atoms with Gasteiger partial charge in [0.15, 0.2) is 0 Å². The van der Waals surface area contributed by atoms with Crippen molar-refractivity contribution in [3.05, 3.63) is 82.3 Å². The molecule has 8 heteroatoms. The van der Waals surface area contributed by atoms with Crippen LogP contribution in [0.15, 0.2) is 58.5 Å². The number of carbonyl (C=O) groups is 2. The average Bonchev–Trinajstić information content (AvgIpc) is 3.57. The molecule has 2 aromatic heterocycles. The molecule has 2 aliphatic heterocycles. The van der Waals surface area contributed by atoms with Crippen LogP contribution < -0.4 is 9.64 Å². The predicted octanol–water partition coefficient (Wildman–Crippen LogP) is 4.72. The van der Waals surface area contributed by atoms with E-state index in [1.54, 1.807) is 37.3 Å². The van der Waals surface area contributed by atoms with Gasteiger partial charge in [0.2, 0.25) is 5.95 Å². The van der Waals surface area contributed by atoms with E-state index >= 15 is 0 Å². The minimum atomic E-state index is -0.978. The summed E-state index contributed by atoms with van der Waals surface area (Å²) >= 11 is 0. The molecule has 1 fully saturated rings. The highest BCUT2D eigenvalue weighted by Crippen LogP contribution is 2.43. The van der Waals surface area contributed by atoms with Crippen molar-refractivity contribution < 1.29 is 23.8 Å². The number of aliphatic hydroxyl groups is 1. The van der Waals surface area contributed by atoms with Crippen LogP contribution in [0.25, 0.3) is 16.8 Å². The minimum absolute atomic E-state index is 0.0378. The number of H-pyrrole nitrogens is 1. The van der Waals surface area contributed by atoms with Crippen LogP contribution in [0.1, 0.15) is 41.2 Å². The van der Waals surface area contributed by atoms with Gasteiger partial charge in [-0.15, -0.1) is 0 Å². The number of amides is 1. The number of imidazole rings is 1. The lowest BCUT2D eigenvalue weighted by molar-refractivity contribution is -0.132. The van der Waals surface area contributed by atoms with Gasteiger partial charge in [-0.05, 0) is 74.4 Å². The first-order valence-corrected chi connectivity index (χ1v) is 11.4. The Balaban J connectivity index is 1.53. The van der Waals surface area contributed by atoms with Gasteiger partial charge in [0.1, 0.15) is 35.2 Å². The van der Waals surface area contributed by atoms with Crippen LogP contribution in [0.5, 0.6) is 5.75 Å². The second kappa shape index (κ2) is 7.59. The summed E-state index contributed by atoms with van der Waals surface area (Å²) in [6.45, 7) is 5.71. The van der Waals surface area contributed by atoms with E-state index in [2.05, 4.69) is 9.97 Å². The number of fused-ring (bicyclic) bond motifs is 2. The smallest absolute Gasteiger partial charge is 0.302 e. The number of nitrogens with one attached hydrogen (secondary N) is 1. The molecule has 6 rings (SSSR count). The Morgan fingerprint density at radius 3 is 2.71 bits per heavy atom. The number of aromatic amines is 1. The van der Waals surface area contributed by atoms with Gasteiger partial charge in [-0.3, -0.25) is 14.5 Å². The highest BCUT2D eigenvalue weighted by molar-refractivity contribution is 6.51. The second-order valence-electron chi connectivity index (χ2n) is 9.15. The third-order valence-electron chi connectivity index (χ3n) is 6.50. The number of benzene rings is 2. The highest BCUT2D eigenvalue weighted by Gasteiger charge is 2.49. The van der Waals surface area contributed by atoms with Gasteiger partial charge in [0, 0.05) is 12.0 Å². The first-order chi connectivity index (χ1) is 16.8. The zero-order valence-corrected chi connectivity index (χ0v) is 19.5. The van der Waals surface area contributed by atoms with Gasteiger partial charge in [-0.2, -0.15) is 0 Å². The molecule has 1 amide bonds. The molecule has 2 aliphatic rings. The van der Waals surface area contributed by atoms with Crippen LogP contribution in [0.4, 0.5) is 5.95 Å². The van der Waals surface area contributed by atoms with E-state index in [0.717, 1.165) is 22.4 Å². The molecular formula is C27H23N3O5. The van der Waals surface area contributed by atoms with Crippen molar-refractivity contribution in [2.75, 3.05) is 4.90 Å². The molecular weight excluding hydrogens is 446 g/mol. The number of rotatable bonds is 3. The lowest BCUT2D eigenvalue weighted by atomic mass is 9.97. The summed E-state index contributed by atoms with van der Waals surface area (Å²) in [5.41, 5.74) is 3.76. The molecule has 1 saturated heterocycles. The molecule has 0 bridgehead atoms. The Morgan fingerprint density at radius 2 is 1.94 bits per heavy atom. The second-order valence-corrected chi connectivity index (χ2v) is 9.15. The largest absolute Gasteiger partial charge is 0.507 e. The maximum atomic E-state index is 13.3. The summed E-state index contributed by atoms with van der Waals surface area (Å²) in [5.74, 6) is 0.0850. The van der Waals surface area contributed by atoms with E-state index in [0.29, 0.717) is 29.0 Å². The number of Topliss-reactive ketones (excluding diaryl/α,β-unsaturated/α-hetero) is 1. The zero-order chi connectivity index (χ0) is 24.4. The molecule has 0 radical (unpaired) electrons. The number of aliphatic hydroxyl groups excluding tert-OH is 1. The molecule has 4 aromatic rings. The number of ketones is 1. The summed E-state index contributed by atoms with van der Waals surface area (Å²) in [7, 11) is 0. The van der Waals surface area contributed by atoms with E-state index in [1.165, 1.54) is 4.90 Å². The number of nitrogens with zero attached hydrogens (tertiary/aromatic N) is 2. The van der Waals surface area contributed by atoms with Crippen LogP contribution >= 0.6 is 0 Å². The third-order valence-corrected chi connectivity index (χ3v) is 6.50. The normalized spacial score (nSPS) is 21.1. The first-order valence-electron chi connectivity index (χ1n) is 11.4. The standard InChI is InChI=1S/C27H23N3O5/c1-13-4-7-18-19(10-13)29-27(28-18)30-23(21-8-5-14(2)34-21)22(25(32)26(30)33)24(31)16-6-9-20-17(12-16)11-15(3)35-20/h4-10,12,15,23,31H,11H2,1-3H3,(H,28,29)/b24-22+. The Bertz CT molecular complexity index is 1560. The third kappa shape index (κ3) is 3.32. The molecule has 35 heavy (non-hydrogen) atoms. The van der Waals surface area contributed by atoms with Gasteiger partial charge >= 0.3 is 5.91 Å². The van der Waals surface area contributed by atoms with Crippen LogP contribution in [0, 0.1) is 13.8 Å². The molecule has 2 unspecified atom stereocenters.